The Morgan fingerprint density at radius 2 is 1.95 bits per heavy atom. The van der Waals surface area contributed by atoms with Gasteiger partial charge in [0, 0.05) is 18.2 Å². The van der Waals surface area contributed by atoms with E-state index in [0.717, 1.165) is 41.6 Å². The Morgan fingerprint density at radius 3 is 2.60 bits per heavy atom. The van der Waals surface area contributed by atoms with Crippen LogP contribution in [0, 0.1) is 5.92 Å². The molecule has 0 saturated heterocycles. The predicted molar refractivity (Wildman–Crippen MR) is 85.5 cm³/mol. The Hall–Kier alpha value is -0.730. The van der Waals surface area contributed by atoms with Crippen molar-refractivity contribution in [2.24, 2.45) is 5.92 Å². The van der Waals surface area contributed by atoms with E-state index < -0.39 is 0 Å². The fourth-order valence-electron chi connectivity index (χ4n) is 2.65. The molecule has 0 atom stereocenters. The second-order valence-corrected chi connectivity index (χ2v) is 6.67. The van der Waals surface area contributed by atoms with Crippen LogP contribution in [0.15, 0.2) is 18.2 Å². The molecule has 3 heteroatoms. The monoisotopic (exact) mass is 295 g/mol. The Bertz CT molecular complexity index is 425. The topological polar surface area (TPSA) is 21.3 Å². The maximum absolute atomic E-state index is 6.34. The van der Waals surface area contributed by atoms with Crippen molar-refractivity contribution in [2.45, 2.75) is 65.1 Å². The molecule has 2 nitrogen and oxygen atoms in total. The zero-order chi connectivity index (χ0) is 14.5. The molecule has 0 heterocycles. The third-order valence-corrected chi connectivity index (χ3v) is 4.29. The van der Waals surface area contributed by atoms with E-state index in [1.54, 1.807) is 0 Å². The highest BCUT2D eigenvalue weighted by Crippen LogP contribution is 2.33. The van der Waals surface area contributed by atoms with Gasteiger partial charge in [-0.3, -0.25) is 0 Å². The number of nitrogens with one attached hydrogen (secondary N) is 1. The van der Waals surface area contributed by atoms with Crippen molar-refractivity contribution < 1.29 is 4.74 Å². The highest BCUT2D eigenvalue weighted by molar-refractivity contribution is 6.32. The van der Waals surface area contributed by atoms with Crippen LogP contribution in [0.25, 0.3) is 0 Å². The maximum Gasteiger partial charge on any atom is 0.142 e. The largest absolute Gasteiger partial charge is 0.489 e. The van der Waals surface area contributed by atoms with Gasteiger partial charge in [-0.25, -0.2) is 0 Å². The predicted octanol–water partition coefficient (Wildman–Crippen LogP) is 4.80. The maximum atomic E-state index is 6.34. The number of hydrogen-bond acceptors (Lipinski definition) is 2. The second-order valence-electron chi connectivity index (χ2n) is 6.26. The molecule has 0 aliphatic heterocycles. The number of ether oxygens (including phenoxy) is 1. The third kappa shape index (κ3) is 4.39. The zero-order valence-corrected chi connectivity index (χ0v) is 13.5. The van der Waals surface area contributed by atoms with E-state index in [0.29, 0.717) is 12.1 Å². The van der Waals surface area contributed by atoms with Crippen molar-refractivity contribution in [1.29, 1.82) is 0 Å². The summed E-state index contributed by atoms with van der Waals surface area (Å²) in [7, 11) is 0. The van der Waals surface area contributed by atoms with Crippen LogP contribution < -0.4 is 10.1 Å². The molecule has 2 rings (SSSR count). The first kappa shape index (κ1) is 15.7. The van der Waals surface area contributed by atoms with Crippen LogP contribution in [0.5, 0.6) is 5.75 Å². The van der Waals surface area contributed by atoms with Gasteiger partial charge in [-0.2, -0.15) is 0 Å². The van der Waals surface area contributed by atoms with Gasteiger partial charge in [-0.1, -0.05) is 44.5 Å². The summed E-state index contributed by atoms with van der Waals surface area (Å²) in [5.41, 5.74) is 1.16. The Balaban J connectivity index is 2.05. The Kier molecular flexibility index (Phi) is 5.74. The average Bonchev–Trinajstić information content (AvgIpc) is 2.41. The fraction of sp³-hybridized carbons (Fsp3) is 0.647. The summed E-state index contributed by atoms with van der Waals surface area (Å²) in [6.45, 7) is 7.42. The van der Waals surface area contributed by atoms with Gasteiger partial charge in [-0.05, 0) is 37.7 Å². The standard InChI is InChI=1S/C17H26ClNO/c1-12(2)19-11-14-5-4-6-16(18)17(14)20-15-9-7-13(3)8-10-15/h4-6,12-13,15,19H,7-11H2,1-3H3. The minimum absolute atomic E-state index is 0.323. The van der Waals surface area contributed by atoms with E-state index in [1.165, 1.54) is 12.8 Å². The van der Waals surface area contributed by atoms with Crippen molar-refractivity contribution in [2.75, 3.05) is 0 Å². The minimum Gasteiger partial charge on any atom is -0.489 e. The van der Waals surface area contributed by atoms with E-state index in [-0.39, 0.29) is 0 Å². The molecular weight excluding hydrogens is 270 g/mol. The Morgan fingerprint density at radius 1 is 1.25 bits per heavy atom. The van der Waals surface area contributed by atoms with Crippen LogP contribution in [0.3, 0.4) is 0 Å². The number of hydrogen-bond donors (Lipinski definition) is 1. The number of benzene rings is 1. The molecule has 0 amide bonds. The van der Waals surface area contributed by atoms with Crippen molar-refractivity contribution in [3.05, 3.63) is 28.8 Å². The number of para-hydroxylation sites is 1. The van der Waals surface area contributed by atoms with E-state index >= 15 is 0 Å². The summed E-state index contributed by atoms with van der Waals surface area (Å²) in [5, 5.41) is 4.16. The van der Waals surface area contributed by atoms with Gasteiger partial charge in [-0.15, -0.1) is 0 Å². The first-order valence-corrected chi connectivity index (χ1v) is 8.11. The second kappa shape index (κ2) is 7.33. The molecule has 1 aromatic carbocycles. The van der Waals surface area contributed by atoms with Gasteiger partial charge < -0.3 is 10.1 Å². The summed E-state index contributed by atoms with van der Waals surface area (Å²) >= 11 is 6.34. The Labute approximate surface area is 127 Å². The number of rotatable bonds is 5. The van der Waals surface area contributed by atoms with E-state index in [9.17, 15) is 0 Å². The molecule has 1 fully saturated rings. The SMILES string of the molecule is CC1CCC(Oc2c(Cl)cccc2CNC(C)C)CC1. The van der Waals surface area contributed by atoms with Crippen LogP contribution in [0.1, 0.15) is 52.0 Å². The number of halogens is 1. The molecule has 1 saturated carbocycles. The first-order valence-electron chi connectivity index (χ1n) is 7.73. The smallest absolute Gasteiger partial charge is 0.142 e. The molecule has 0 spiro atoms. The van der Waals surface area contributed by atoms with Crippen LogP contribution >= 0.6 is 11.6 Å². The van der Waals surface area contributed by atoms with Crippen LogP contribution in [0.4, 0.5) is 0 Å². The average molecular weight is 296 g/mol. The van der Waals surface area contributed by atoms with E-state index in [2.05, 4.69) is 32.2 Å². The highest BCUT2D eigenvalue weighted by atomic mass is 35.5. The van der Waals surface area contributed by atoms with Crippen LogP contribution in [-0.2, 0) is 6.54 Å². The molecule has 0 unspecified atom stereocenters. The van der Waals surface area contributed by atoms with E-state index in [1.807, 2.05) is 12.1 Å². The molecule has 0 radical (unpaired) electrons. The van der Waals surface area contributed by atoms with E-state index in [4.69, 9.17) is 16.3 Å². The van der Waals surface area contributed by atoms with Gasteiger partial charge in [0.05, 0.1) is 11.1 Å². The van der Waals surface area contributed by atoms with Crippen LogP contribution in [-0.4, -0.2) is 12.1 Å². The first-order chi connectivity index (χ1) is 9.56. The van der Waals surface area contributed by atoms with Crippen molar-refractivity contribution >= 4 is 11.6 Å². The van der Waals surface area contributed by atoms with Gasteiger partial charge >= 0.3 is 0 Å². The fourth-order valence-corrected chi connectivity index (χ4v) is 2.89. The summed E-state index contributed by atoms with van der Waals surface area (Å²) in [4.78, 5) is 0. The normalized spacial score (nSPS) is 23.1. The van der Waals surface area contributed by atoms with Gasteiger partial charge in [0.25, 0.3) is 0 Å². The minimum atomic E-state index is 0.323. The summed E-state index contributed by atoms with van der Waals surface area (Å²) in [6, 6.07) is 6.47. The van der Waals surface area contributed by atoms with Crippen molar-refractivity contribution in [3.63, 3.8) is 0 Å². The quantitative estimate of drug-likeness (QED) is 0.843. The summed E-state index contributed by atoms with van der Waals surface area (Å²) < 4.78 is 6.23. The molecule has 20 heavy (non-hydrogen) atoms. The molecule has 1 aliphatic rings. The highest BCUT2D eigenvalue weighted by Gasteiger charge is 2.21. The molecule has 1 aliphatic carbocycles. The van der Waals surface area contributed by atoms with Crippen molar-refractivity contribution in [1.82, 2.24) is 5.32 Å². The van der Waals surface area contributed by atoms with Gasteiger partial charge in [0.2, 0.25) is 0 Å². The lowest BCUT2D eigenvalue weighted by molar-refractivity contribution is 0.134. The lowest BCUT2D eigenvalue weighted by Crippen LogP contribution is -2.25. The molecule has 1 aromatic rings. The summed E-state index contributed by atoms with van der Waals surface area (Å²) in [5.74, 6) is 1.71. The van der Waals surface area contributed by atoms with Gasteiger partial charge in [0.15, 0.2) is 0 Å². The molecule has 1 N–H and O–H groups in total. The molecule has 0 aromatic heterocycles. The van der Waals surface area contributed by atoms with Crippen LogP contribution in [0.2, 0.25) is 5.02 Å². The summed E-state index contributed by atoms with van der Waals surface area (Å²) in [6.07, 6.45) is 5.12. The lowest BCUT2D eigenvalue weighted by Gasteiger charge is -2.28. The van der Waals surface area contributed by atoms with Crippen molar-refractivity contribution in [3.8, 4) is 5.75 Å². The zero-order valence-electron chi connectivity index (χ0n) is 12.8. The molecular formula is C17H26ClNO. The third-order valence-electron chi connectivity index (χ3n) is 4.00. The molecule has 0 bridgehead atoms. The lowest BCUT2D eigenvalue weighted by atomic mass is 9.89. The molecule has 112 valence electrons. The van der Waals surface area contributed by atoms with Gasteiger partial charge in [0.1, 0.15) is 5.75 Å².